The molecule has 1 aliphatic heterocycles. The first-order valence-corrected chi connectivity index (χ1v) is 8.53. The van der Waals surface area contributed by atoms with Crippen molar-refractivity contribution in [3.8, 4) is 5.75 Å². The van der Waals surface area contributed by atoms with Gasteiger partial charge < -0.3 is 9.47 Å². The molecule has 0 saturated carbocycles. The Morgan fingerprint density at radius 3 is 2.92 bits per heavy atom. The van der Waals surface area contributed by atoms with E-state index >= 15 is 0 Å². The zero-order chi connectivity index (χ0) is 17.9. The van der Waals surface area contributed by atoms with Gasteiger partial charge in [0.25, 0.3) is 0 Å². The Hall–Kier alpha value is -2.92. The third kappa shape index (κ3) is 3.39. The number of fused-ring (bicyclic) bond motifs is 1. The van der Waals surface area contributed by atoms with Crippen LogP contribution >= 0.6 is 0 Å². The molecule has 0 unspecified atom stereocenters. The first-order chi connectivity index (χ1) is 12.7. The molecule has 0 spiro atoms. The second-order valence-electron chi connectivity index (χ2n) is 6.30. The van der Waals surface area contributed by atoms with E-state index < -0.39 is 6.29 Å². The maximum atomic E-state index is 14.1. The van der Waals surface area contributed by atoms with Crippen LogP contribution in [0.4, 0.5) is 4.39 Å². The average Bonchev–Trinajstić information content (AvgIpc) is 3.09. The van der Waals surface area contributed by atoms with Gasteiger partial charge in [-0.25, -0.2) is 13.5 Å². The van der Waals surface area contributed by atoms with Gasteiger partial charge in [-0.1, -0.05) is 43.0 Å². The third-order valence-corrected chi connectivity index (χ3v) is 4.33. The fourth-order valence-electron chi connectivity index (χ4n) is 3.15. The van der Waals surface area contributed by atoms with Gasteiger partial charge in [-0.15, -0.1) is 0 Å². The lowest BCUT2D eigenvalue weighted by atomic mass is 10.1. The summed E-state index contributed by atoms with van der Waals surface area (Å²) in [4.78, 5) is 0. The van der Waals surface area contributed by atoms with Crippen molar-refractivity contribution in [1.29, 1.82) is 0 Å². The molecule has 0 amide bonds. The number of rotatable bonds is 5. The molecule has 1 atom stereocenters. The van der Waals surface area contributed by atoms with E-state index in [2.05, 4.69) is 6.58 Å². The van der Waals surface area contributed by atoms with Crippen LogP contribution in [0, 0.1) is 5.82 Å². The molecule has 26 heavy (non-hydrogen) atoms. The van der Waals surface area contributed by atoms with Gasteiger partial charge in [0.2, 0.25) is 12.6 Å². The highest BCUT2D eigenvalue weighted by Crippen LogP contribution is 2.36. The Balaban J connectivity index is 1.63. The van der Waals surface area contributed by atoms with Gasteiger partial charge in [0.1, 0.15) is 37.0 Å². The van der Waals surface area contributed by atoms with Crippen LogP contribution in [0.3, 0.4) is 0 Å². The van der Waals surface area contributed by atoms with Gasteiger partial charge in [-0.05, 0) is 12.1 Å². The minimum absolute atomic E-state index is 0.282. The van der Waals surface area contributed by atoms with Gasteiger partial charge >= 0.3 is 0 Å². The number of ether oxygens (including phenoxy) is 2. The van der Waals surface area contributed by atoms with E-state index in [0.29, 0.717) is 18.9 Å². The predicted octanol–water partition coefficient (Wildman–Crippen LogP) is 3.76. The number of aromatic nitrogens is 2. The lowest BCUT2D eigenvalue weighted by Crippen LogP contribution is -2.32. The van der Waals surface area contributed by atoms with Crippen molar-refractivity contribution in [3.05, 3.63) is 96.3 Å². The van der Waals surface area contributed by atoms with E-state index in [4.69, 9.17) is 9.47 Å². The first kappa shape index (κ1) is 16.5. The smallest absolute Gasteiger partial charge is 0.244 e. The average molecular weight is 351 g/mol. The largest absolute Gasteiger partial charge is 0.460 e. The molecule has 0 aliphatic carbocycles. The summed E-state index contributed by atoms with van der Waals surface area (Å²) in [5.74, 6) is 0.422. The molecule has 0 fully saturated rings. The van der Waals surface area contributed by atoms with Gasteiger partial charge in [-0.3, -0.25) is 0 Å². The second-order valence-corrected chi connectivity index (χ2v) is 6.30. The molecular formula is C21H20FN2O2+. The third-order valence-electron chi connectivity index (χ3n) is 4.33. The Morgan fingerprint density at radius 1 is 1.27 bits per heavy atom. The minimum Gasteiger partial charge on any atom is -0.460 e. The Bertz CT molecular complexity index is 921. The Labute approximate surface area is 151 Å². The molecule has 3 aromatic rings. The summed E-state index contributed by atoms with van der Waals surface area (Å²) in [5.41, 5.74) is 2.47. The molecule has 2 aromatic carbocycles. The van der Waals surface area contributed by atoms with Crippen LogP contribution in [-0.2, 0) is 24.4 Å². The normalized spacial score (nSPS) is 16.0. The molecule has 4 rings (SSSR count). The van der Waals surface area contributed by atoms with Crippen molar-refractivity contribution in [2.24, 2.45) is 0 Å². The van der Waals surface area contributed by atoms with Gasteiger partial charge in [-0.2, -0.15) is 0 Å². The molecule has 0 N–H and O–H groups in total. The monoisotopic (exact) mass is 351 g/mol. The fraction of sp³-hybridized carbons (Fsp3) is 0.190. The molecule has 0 radical (unpaired) electrons. The summed E-state index contributed by atoms with van der Waals surface area (Å²) in [6.45, 7) is 5.31. The van der Waals surface area contributed by atoms with E-state index in [-0.39, 0.29) is 5.82 Å². The summed E-state index contributed by atoms with van der Waals surface area (Å²) >= 11 is 0. The second kappa shape index (κ2) is 7.14. The number of hydrogen-bond acceptors (Lipinski definition) is 2. The maximum absolute atomic E-state index is 14.1. The van der Waals surface area contributed by atoms with Crippen LogP contribution in [-0.4, -0.2) is 4.57 Å². The van der Waals surface area contributed by atoms with Crippen molar-refractivity contribution < 1.29 is 18.4 Å². The Kier molecular flexibility index (Phi) is 4.54. The number of benzene rings is 2. The minimum atomic E-state index is -0.483. The van der Waals surface area contributed by atoms with Crippen LogP contribution in [0.2, 0.25) is 0 Å². The van der Waals surface area contributed by atoms with Crippen LogP contribution in [0.25, 0.3) is 0 Å². The molecular weight excluding hydrogens is 331 g/mol. The Morgan fingerprint density at radius 2 is 2.12 bits per heavy atom. The zero-order valence-electron chi connectivity index (χ0n) is 14.3. The van der Waals surface area contributed by atoms with Gasteiger partial charge in [0.05, 0.1) is 6.61 Å². The number of halogens is 1. The zero-order valence-corrected chi connectivity index (χ0v) is 14.3. The van der Waals surface area contributed by atoms with Crippen molar-refractivity contribution >= 4 is 0 Å². The standard InChI is InChI=1S/C21H20FN2O2/c1-2-8-23-9-10-24(15-23)13-17-11-19(22)12-18-14-25-21(26-20(17)18)16-6-4-3-5-7-16/h2-7,9-12,15,21H,1,8,13-14H2/q+1/t21-/m0/s1. The lowest BCUT2D eigenvalue weighted by Gasteiger charge is -2.28. The summed E-state index contributed by atoms with van der Waals surface area (Å²) in [5, 5.41) is 0. The van der Waals surface area contributed by atoms with Crippen molar-refractivity contribution in [3.63, 3.8) is 0 Å². The van der Waals surface area contributed by atoms with E-state index in [9.17, 15) is 4.39 Å². The molecule has 0 bridgehead atoms. The predicted molar refractivity (Wildman–Crippen MR) is 94.9 cm³/mol. The van der Waals surface area contributed by atoms with E-state index in [0.717, 1.165) is 23.2 Å². The highest BCUT2D eigenvalue weighted by Gasteiger charge is 2.26. The van der Waals surface area contributed by atoms with Crippen LogP contribution in [0.15, 0.2) is 73.8 Å². The highest BCUT2D eigenvalue weighted by molar-refractivity contribution is 5.43. The van der Waals surface area contributed by atoms with E-state index in [1.165, 1.54) is 12.1 Å². The van der Waals surface area contributed by atoms with Gasteiger partial charge in [0.15, 0.2) is 0 Å². The lowest BCUT2D eigenvalue weighted by molar-refractivity contribution is -0.687. The van der Waals surface area contributed by atoms with E-state index in [1.54, 1.807) is 0 Å². The first-order valence-electron chi connectivity index (χ1n) is 8.53. The number of hydrogen-bond donors (Lipinski definition) is 0. The quantitative estimate of drug-likeness (QED) is 0.517. The molecule has 0 saturated heterocycles. The summed E-state index contributed by atoms with van der Waals surface area (Å²) in [6.07, 6.45) is 7.23. The molecule has 2 heterocycles. The number of imidazole rings is 1. The summed E-state index contributed by atoms with van der Waals surface area (Å²) in [7, 11) is 0. The SMILES string of the molecule is C=CCn1cc[n+](Cc2cc(F)cc3c2O[C@@H](c2ccccc2)OC3)c1. The number of allylic oxidation sites excluding steroid dienone is 1. The van der Waals surface area contributed by atoms with Crippen molar-refractivity contribution in [2.45, 2.75) is 26.0 Å². The molecule has 4 nitrogen and oxygen atoms in total. The maximum Gasteiger partial charge on any atom is 0.244 e. The van der Waals surface area contributed by atoms with Crippen molar-refractivity contribution in [1.82, 2.24) is 4.57 Å². The topological polar surface area (TPSA) is 27.3 Å². The van der Waals surface area contributed by atoms with E-state index in [1.807, 2.05) is 64.3 Å². The molecule has 132 valence electrons. The molecule has 5 heteroatoms. The van der Waals surface area contributed by atoms with Crippen LogP contribution in [0.5, 0.6) is 5.75 Å². The summed E-state index contributed by atoms with van der Waals surface area (Å²) < 4.78 is 30.0. The van der Waals surface area contributed by atoms with Crippen LogP contribution < -0.4 is 9.30 Å². The van der Waals surface area contributed by atoms with Gasteiger partial charge in [0, 0.05) is 16.7 Å². The summed E-state index contributed by atoms with van der Waals surface area (Å²) in [6, 6.07) is 12.8. The highest BCUT2D eigenvalue weighted by atomic mass is 19.1. The van der Waals surface area contributed by atoms with Crippen molar-refractivity contribution in [2.75, 3.05) is 0 Å². The molecule has 1 aliphatic rings. The number of nitrogens with zero attached hydrogens (tertiary/aromatic N) is 2. The van der Waals surface area contributed by atoms with Crippen LogP contribution in [0.1, 0.15) is 23.0 Å². The fourth-order valence-corrected chi connectivity index (χ4v) is 3.15. The molecule has 1 aromatic heterocycles.